The third kappa shape index (κ3) is 4.23. The van der Waals surface area contributed by atoms with Crippen LogP contribution in [0.5, 0.6) is 0 Å². The lowest BCUT2D eigenvalue weighted by Gasteiger charge is -2.13. The topological polar surface area (TPSA) is 102 Å². The minimum Gasteiger partial charge on any atom is -0.550 e. The van der Waals surface area contributed by atoms with Gasteiger partial charge in [0.1, 0.15) is 0 Å². The Balaban J connectivity index is 2.12. The van der Waals surface area contributed by atoms with Gasteiger partial charge in [-0.25, -0.2) is 5.43 Å². The fourth-order valence-electron chi connectivity index (χ4n) is 2.04. The third-order valence-electron chi connectivity index (χ3n) is 3.25. The van der Waals surface area contributed by atoms with E-state index in [0.717, 1.165) is 17.3 Å². The van der Waals surface area contributed by atoms with Gasteiger partial charge in [0.25, 0.3) is 5.91 Å². The summed E-state index contributed by atoms with van der Waals surface area (Å²) in [5, 5.41) is 14.1. The summed E-state index contributed by atoms with van der Waals surface area (Å²) in [5.41, 5.74) is 3.84. The number of hydrazone groups is 1. The van der Waals surface area contributed by atoms with Gasteiger partial charge in [-0.3, -0.25) is 14.5 Å². The summed E-state index contributed by atoms with van der Waals surface area (Å²) in [6, 6.07) is 6.93. The first-order chi connectivity index (χ1) is 11.4. The summed E-state index contributed by atoms with van der Waals surface area (Å²) in [6.45, 7) is 5.64. The highest BCUT2D eigenvalue weighted by Crippen LogP contribution is 2.29. The summed E-state index contributed by atoms with van der Waals surface area (Å²) in [6.07, 6.45) is 1.08. The SMILES string of the molecule is C=CCN1C(=O)[C@H](CC(=O)[O-])S/C1=N\NC(=O)c1ccc(C)cc1. The smallest absolute Gasteiger partial charge is 0.271 e. The van der Waals surface area contributed by atoms with Crippen molar-refractivity contribution in [2.75, 3.05) is 6.54 Å². The largest absolute Gasteiger partial charge is 0.550 e. The summed E-state index contributed by atoms with van der Waals surface area (Å²) in [5.74, 6) is -2.13. The number of carboxylic acids is 1. The quantitative estimate of drug-likeness (QED) is 0.588. The van der Waals surface area contributed by atoms with Crippen LogP contribution in [0.25, 0.3) is 0 Å². The van der Waals surface area contributed by atoms with Crippen LogP contribution >= 0.6 is 11.8 Å². The molecule has 1 aromatic rings. The number of hydrogen-bond acceptors (Lipinski definition) is 6. The Morgan fingerprint density at radius 2 is 2.08 bits per heavy atom. The molecule has 1 aliphatic rings. The third-order valence-corrected chi connectivity index (χ3v) is 4.43. The average molecular weight is 346 g/mol. The van der Waals surface area contributed by atoms with Gasteiger partial charge in [0.05, 0.1) is 5.25 Å². The number of rotatable bonds is 6. The maximum Gasteiger partial charge on any atom is 0.271 e. The molecule has 2 amide bonds. The number of carbonyl (C=O) groups excluding carboxylic acids is 3. The maximum atomic E-state index is 12.2. The van der Waals surface area contributed by atoms with E-state index in [2.05, 4.69) is 17.1 Å². The fraction of sp³-hybridized carbons (Fsp3) is 0.250. The molecule has 1 heterocycles. The molecule has 1 aromatic carbocycles. The van der Waals surface area contributed by atoms with Gasteiger partial charge in [-0.05, 0) is 19.1 Å². The number of hydrogen-bond donors (Lipinski definition) is 1. The molecule has 1 atom stereocenters. The van der Waals surface area contributed by atoms with Crippen molar-refractivity contribution in [3.05, 3.63) is 48.0 Å². The highest BCUT2D eigenvalue weighted by molar-refractivity contribution is 8.15. The van der Waals surface area contributed by atoms with Crippen LogP contribution in [0.2, 0.25) is 0 Å². The van der Waals surface area contributed by atoms with Crippen LogP contribution < -0.4 is 10.5 Å². The second kappa shape index (κ2) is 7.78. The molecule has 0 aliphatic carbocycles. The van der Waals surface area contributed by atoms with E-state index in [0.29, 0.717) is 5.56 Å². The normalized spacial score (nSPS) is 18.7. The molecule has 0 unspecified atom stereocenters. The number of nitrogens with zero attached hydrogens (tertiary/aromatic N) is 2. The molecular weight excluding hydrogens is 330 g/mol. The number of carboxylic acid groups (broad SMARTS) is 1. The Labute approximate surface area is 143 Å². The highest BCUT2D eigenvalue weighted by Gasteiger charge is 2.37. The van der Waals surface area contributed by atoms with E-state index >= 15 is 0 Å². The zero-order valence-electron chi connectivity index (χ0n) is 13.0. The van der Waals surface area contributed by atoms with E-state index in [4.69, 9.17) is 0 Å². The Morgan fingerprint density at radius 3 is 2.67 bits per heavy atom. The zero-order chi connectivity index (χ0) is 17.7. The van der Waals surface area contributed by atoms with Crippen LogP contribution in [-0.2, 0) is 9.59 Å². The van der Waals surface area contributed by atoms with Gasteiger partial charge in [-0.1, -0.05) is 35.5 Å². The minimum absolute atomic E-state index is 0.175. The summed E-state index contributed by atoms with van der Waals surface area (Å²) >= 11 is 0.978. The number of nitrogens with one attached hydrogen (secondary N) is 1. The van der Waals surface area contributed by atoms with Crippen molar-refractivity contribution in [1.29, 1.82) is 0 Å². The Kier molecular flexibility index (Phi) is 5.75. The molecular formula is C16H16N3O4S-. The van der Waals surface area contributed by atoms with E-state index in [1.165, 1.54) is 11.0 Å². The van der Waals surface area contributed by atoms with Crippen molar-refractivity contribution >= 4 is 34.7 Å². The molecule has 1 aliphatic heterocycles. The first-order valence-corrected chi connectivity index (χ1v) is 8.03. The molecule has 0 bridgehead atoms. The van der Waals surface area contributed by atoms with E-state index in [-0.39, 0.29) is 11.7 Å². The van der Waals surface area contributed by atoms with E-state index in [1.807, 2.05) is 6.92 Å². The zero-order valence-corrected chi connectivity index (χ0v) is 13.8. The van der Waals surface area contributed by atoms with Gasteiger partial charge >= 0.3 is 0 Å². The lowest BCUT2D eigenvalue weighted by atomic mass is 10.1. The molecule has 1 fully saturated rings. The molecule has 0 radical (unpaired) electrons. The van der Waals surface area contributed by atoms with Gasteiger partial charge in [0.15, 0.2) is 5.17 Å². The van der Waals surface area contributed by atoms with Gasteiger partial charge in [0, 0.05) is 24.5 Å². The van der Waals surface area contributed by atoms with Crippen molar-refractivity contribution in [2.45, 2.75) is 18.6 Å². The van der Waals surface area contributed by atoms with E-state index in [1.54, 1.807) is 24.3 Å². The summed E-state index contributed by atoms with van der Waals surface area (Å²) in [4.78, 5) is 36.2. The van der Waals surface area contributed by atoms with Crippen LogP contribution in [0.3, 0.4) is 0 Å². The van der Waals surface area contributed by atoms with Crippen molar-refractivity contribution in [1.82, 2.24) is 10.3 Å². The standard InChI is InChI=1S/C16H17N3O4S/c1-3-8-19-15(23)12(9-13(20)21)24-16(19)18-17-14(22)11-6-4-10(2)5-7-11/h3-7,12H,1,8-9H2,2H3,(H,17,22)(H,20,21)/p-1/b18-16-/t12-/m0/s1. The van der Waals surface area contributed by atoms with Crippen molar-refractivity contribution in [2.24, 2.45) is 5.10 Å². The van der Waals surface area contributed by atoms with Crippen LogP contribution in [0.15, 0.2) is 42.0 Å². The number of carbonyl (C=O) groups is 3. The molecule has 2 rings (SSSR count). The summed E-state index contributed by atoms with van der Waals surface area (Å²) in [7, 11) is 0. The van der Waals surface area contributed by atoms with Gasteiger partial charge < -0.3 is 9.90 Å². The lowest BCUT2D eigenvalue weighted by molar-refractivity contribution is -0.305. The summed E-state index contributed by atoms with van der Waals surface area (Å²) < 4.78 is 0. The Morgan fingerprint density at radius 1 is 1.42 bits per heavy atom. The minimum atomic E-state index is -1.32. The van der Waals surface area contributed by atoms with Crippen molar-refractivity contribution < 1.29 is 19.5 Å². The average Bonchev–Trinajstić information content (AvgIpc) is 2.82. The molecule has 0 spiro atoms. The first kappa shape index (κ1) is 17.7. The van der Waals surface area contributed by atoms with Gasteiger partial charge in [0.2, 0.25) is 5.91 Å². The van der Waals surface area contributed by atoms with Crippen LogP contribution in [0, 0.1) is 6.92 Å². The Bertz CT molecular complexity index is 700. The van der Waals surface area contributed by atoms with Crippen LogP contribution in [0.4, 0.5) is 0 Å². The maximum absolute atomic E-state index is 12.2. The number of thioether (sulfide) groups is 1. The first-order valence-electron chi connectivity index (χ1n) is 7.16. The molecule has 1 N–H and O–H groups in total. The number of aryl methyl sites for hydroxylation is 1. The number of amides is 2. The molecule has 0 saturated carbocycles. The van der Waals surface area contributed by atoms with Crippen molar-refractivity contribution in [3.63, 3.8) is 0 Å². The van der Waals surface area contributed by atoms with E-state index < -0.39 is 29.5 Å². The molecule has 1 saturated heterocycles. The molecule has 7 nitrogen and oxygen atoms in total. The Hall–Kier alpha value is -2.61. The van der Waals surface area contributed by atoms with Crippen molar-refractivity contribution in [3.8, 4) is 0 Å². The number of aliphatic carboxylic acids is 1. The van der Waals surface area contributed by atoms with Crippen LogP contribution in [-0.4, -0.2) is 39.6 Å². The fourth-order valence-corrected chi connectivity index (χ4v) is 3.13. The lowest BCUT2D eigenvalue weighted by Crippen LogP contribution is -2.35. The molecule has 126 valence electrons. The molecule has 0 aromatic heterocycles. The van der Waals surface area contributed by atoms with Gasteiger partial charge in [-0.15, -0.1) is 11.7 Å². The predicted octanol–water partition coefficient (Wildman–Crippen LogP) is 0.266. The highest BCUT2D eigenvalue weighted by atomic mass is 32.2. The second-order valence-electron chi connectivity index (χ2n) is 5.12. The van der Waals surface area contributed by atoms with E-state index in [9.17, 15) is 19.5 Å². The van der Waals surface area contributed by atoms with Crippen LogP contribution in [0.1, 0.15) is 22.3 Å². The predicted molar refractivity (Wildman–Crippen MR) is 89.0 cm³/mol. The van der Waals surface area contributed by atoms with Gasteiger partial charge in [-0.2, -0.15) is 0 Å². The monoisotopic (exact) mass is 346 g/mol. The number of amidine groups is 1. The number of benzene rings is 1. The molecule has 24 heavy (non-hydrogen) atoms. The molecule has 8 heteroatoms. The second-order valence-corrected chi connectivity index (χ2v) is 6.29.